The Labute approximate surface area is 104 Å². The van der Waals surface area contributed by atoms with Gasteiger partial charge >= 0.3 is 0 Å². The Morgan fingerprint density at radius 3 is 2.75 bits per heavy atom. The number of nitrogens with zero attached hydrogens (tertiary/aromatic N) is 1. The molecule has 0 aliphatic rings. The van der Waals surface area contributed by atoms with E-state index in [2.05, 4.69) is 15.9 Å². The van der Waals surface area contributed by atoms with Gasteiger partial charge in [0.25, 0.3) is 0 Å². The van der Waals surface area contributed by atoms with Crippen molar-refractivity contribution in [1.82, 2.24) is 0 Å². The lowest BCUT2D eigenvalue weighted by atomic mass is 10.2. The molecule has 0 aliphatic carbocycles. The van der Waals surface area contributed by atoms with Gasteiger partial charge in [0.15, 0.2) is 0 Å². The van der Waals surface area contributed by atoms with Gasteiger partial charge in [0.2, 0.25) is 0 Å². The van der Waals surface area contributed by atoms with Gasteiger partial charge in [-0.1, -0.05) is 15.9 Å². The molecule has 1 aromatic carbocycles. The number of halogens is 2. The summed E-state index contributed by atoms with van der Waals surface area (Å²) >= 11 is 4.47. The molecule has 2 nitrogen and oxygen atoms in total. The summed E-state index contributed by atoms with van der Waals surface area (Å²) in [5.41, 5.74) is 6.47. The third kappa shape index (κ3) is 1.94. The third-order valence-electron chi connectivity index (χ3n) is 2.06. The minimum absolute atomic E-state index is 0.325. The summed E-state index contributed by atoms with van der Waals surface area (Å²) in [6.07, 6.45) is 0. The molecule has 1 aromatic heterocycles. The summed E-state index contributed by atoms with van der Waals surface area (Å²) < 4.78 is 14.3. The lowest BCUT2D eigenvalue weighted by Gasteiger charge is -2.00. The van der Waals surface area contributed by atoms with Gasteiger partial charge in [-0.3, -0.25) is 0 Å². The zero-order valence-electron chi connectivity index (χ0n) is 8.00. The fourth-order valence-electron chi connectivity index (χ4n) is 1.31. The molecule has 0 atom stereocenters. The van der Waals surface area contributed by atoms with Crippen molar-refractivity contribution >= 4 is 33.0 Å². The van der Waals surface area contributed by atoms with Gasteiger partial charge in [0.1, 0.15) is 16.8 Å². The normalized spacial score (nSPS) is 10.1. The van der Waals surface area contributed by atoms with Crippen LogP contribution < -0.4 is 5.73 Å². The van der Waals surface area contributed by atoms with Gasteiger partial charge in [-0.25, -0.2) is 4.39 Å². The number of nitriles is 1. The highest BCUT2D eigenvalue weighted by atomic mass is 79.9. The first-order valence-corrected chi connectivity index (χ1v) is 5.97. The van der Waals surface area contributed by atoms with Crippen molar-refractivity contribution in [2.45, 2.75) is 0 Å². The number of anilines is 1. The predicted molar refractivity (Wildman–Crippen MR) is 66.5 cm³/mol. The number of benzene rings is 1. The van der Waals surface area contributed by atoms with E-state index in [1.54, 1.807) is 18.2 Å². The van der Waals surface area contributed by atoms with E-state index >= 15 is 0 Å². The lowest BCUT2D eigenvalue weighted by Crippen LogP contribution is -1.82. The Bertz CT molecular complexity index is 586. The SMILES string of the molecule is N#Cc1sc(-c2cc(Br)ccc2F)cc1N. The van der Waals surface area contributed by atoms with E-state index in [0.717, 1.165) is 4.47 Å². The molecular formula is C11H6BrFN2S. The molecule has 1 heterocycles. The Morgan fingerprint density at radius 1 is 1.38 bits per heavy atom. The van der Waals surface area contributed by atoms with Crippen LogP contribution in [0.25, 0.3) is 10.4 Å². The monoisotopic (exact) mass is 296 g/mol. The molecule has 0 spiro atoms. The van der Waals surface area contributed by atoms with E-state index in [9.17, 15) is 4.39 Å². The molecule has 0 radical (unpaired) electrons. The van der Waals surface area contributed by atoms with Gasteiger partial charge in [-0.2, -0.15) is 5.26 Å². The van der Waals surface area contributed by atoms with Crippen LogP contribution in [-0.4, -0.2) is 0 Å². The first-order valence-electron chi connectivity index (χ1n) is 4.36. The van der Waals surface area contributed by atoms with Crippen molar-refractivity contribution in [3.63, 3.8) is 0 Å². The Morgan fingerprint density at radius 2 is 2.12 bits per heavy atom. The summed E-state index contributed by atoms with van der Waals surface area (Å²) in [5, 5.41) is 8.78. The van der Waals surface area contributed by atoms with E-state index in [0.29, 0.717) is 21.0 Å². The Kier molecular flexibility index (Phi) is 2.95. The van der Waals surface area contributed by atoms with Crippen molar-refractivity contribution in [3.05, 3.63) is 39.4 Å². The summed E-state index contributed by atoms with van der Waals surface area (Å²) in [6, 6.07) is 8.27. The quantitative estimate of drug-likeness (QED) is 0.871. The lowest BCUT2D eigenvalue weighted by molar-refractivity contribution is 0.631. The van der Waals surface area contributed by atoms with Crippen molar-refractivity contribution in [1.29, 1.82) is 5.26 Å². The van der Waals surface area contributed by atoms with Crippen molar-refractivity contribution in [2.24, 2.45) is 0 Å². The molecule has 2 rings (SSSR count). The molecular weight excluding hydrogens is 291 g/mol. The maximum atomic E-state index is 13.6. The Hall–Kier alpha value is -1.38. The van der Waals surface area contributed by atoms with Crippen LogP contribution >= 0.6 is 27.3 Å². The van der Waals surface area contributed by atoms with Crippen LogP contribution in [0.1, 0.15) is 4.88 Å². The molecule has 80 valence electrons. The molecule has 0 amide bonds. The van der Waals surface area contributed by atoms with Gasteiger partial charge in [0, 0.05) is 14.9 Å². The fraction of sp³-hybridized carbons (Fsp3) is 0. The van der Waals surface area contributed by atoms with Crippen molar-refractivity contribution in [2.75, 3.05) is 5.73 Å². The highest BCUT2D eigenvalue weighted by Crippen LogP contribution is 2.35. The van der Waals surface area contributed by atoms with Crippen LogP contribution in [-0.2, 0) is 0 Å². The highest BCUT2D eigenvalue weighted by molar-refractivity contribution is 9.10. The van der Waals surface area contributed by atoms with Gasteiger partial charge < -0.3 is 5.73 Å². The zero-order valence-corrected chi connectivity index (χ0v) is 10.4. The van der Waals surface area contributed by atoms with Crippen LogP contribution in [0.3, 0.4) is 0 Å². The summed E-state index contributed by atoms with van der Waals surface area (Å²) in [6.45, 7) is 0. The molecule has 0 saturated carbocycles. The standard InChI is InChI=1S/C11H6BrFN2S/c12-6-1-2-8(13)7(3-6)10-4-9(15)11(5-14)16-10/h1-4H,15H2. The molecule has 2 N–H and O–H groups in total. The molecule has 5 heteroatoms. The number of hydrogen-bond donors (Lipinski definition) is 1. The molecule has 0 fully saturated rings. The van der Waals surface area contributed by atoms with E-state index in [4.69, 9.17) is 11.0 Å². The second-order valence-corrected chi connectivity index (χ2v) is 5.10. The van der Waals surface area contributed by atoms with Crippen LogP contribution in [0.4, 0.5) is 10.1 Å². The largest absolute Gasteiger partial charge is 0.397 e. The maximum absolute atomic E-state index is 13.6. The summed E-state index contributed by atoms with van der Waals surface area (Å²) in [7, 11) is 0. The van der Waals surface area contributed by atoms with Gasteiger partial charge in [-0.15, -0.1) is 11.3 Å². The van der Waals surface area contributed by atoms with Crippen LogP contribution in [0.15, 0.2) is 28.7 Å². The van der Waals surface area contributed by atoms with Crippen LogP contribution in [0, 0.1) is 17.1 Å². The molecule has 16 heavy (non-hydrogen) atoms. The fourth-order valence-corrected chi connectivity index (χ4v) is 2.57. The van der Waals surface area contributed by atoms with Gasteiger partial charge in [-0.05, 0) is 24.3 Å². The second kappa shape index (κ2) is 4.24. The first kappa shape index (κ1) is 11.1. The molecule has 2 aromatic rings. The Balaban J connectivity index is 2.59. The van der Waals surface area contributed by atoms with E-state index in [1.807, 2.05) is 6.07 Å². The third-order valence-corrected chi connectivity index (χ3v) is 3.64. The maximum Gasteiger partial charge on any atom is 0.131 e. The molecule has 0 unspecified atom stereocenters. The number of hydrogen-bond acceptors (Lipinski definition) is 3. The molecule has 0 saturated heterocycles. The minimum Gasteiger partial charge on any atom is -0.397 e. The van der Waals surface area contributed by atoms with Crippen LogP contribution in [0.2, 0.25) is 0 Å². The molecule has 0 aliphatic heterocycles. The number of thiophene rings is 1. The average molecular weight is 297 g/mol. The predicted octanol–water partition coefficient (Wildman–Crippen LogP) is 3.77. The van der Waals surface area contributed by atoms with E-state index < -0.39 is 0 Å². The zero-order chi connectivity index (χ0) is 11.7. The van der Waals surface area contributed by atoms with Gasteiger partial charge in [0.05, 0.1) is 5.69 Å². The minimum atomic E-state index is -0.325. The van der Waals surface area contributed by atoms with Crippen LogP contribution in [0.5, 0.6) is 0 Å². The number of nitrogen functional groups attached to an aromatic ring is 1. The van der Waals surface area contributed by atoms with Crippen molar-refractivity contribution in [3.8, 4) is 16.5 Å². The van der Waals surface area contributed by atoms with Crippen molar-refractivity contribution < 1.29 is 4.39 Å². The number of rotatable bonds is 1. The summed E-state index contributed by atoms with van der Waals surface area (Å²) in [5.74, 6) is -0.325. The molecule has 0 bridgehead atoms. The smallest absolute Gasteiger partial charge is 0.131 e. The average Bonchev–Trinajstić information content (AvgIpc) is 2.63. The van der Waals surface area contributed by atoms with E-state index in [1.165, 1.54) is 17.4 Å². The topological polar surface area (TPSA) is 49.8 Å². The van der Waals surface area contributed by atoms with E-state index in [-0.39, 0.29) is 5.82 Å². The number of nitrogens with two attached hydrogens (primary N) is 1. The highest BCUT2D eigenvalue weighted by Gasteiger charge is 2.11. The first-order chi connectivity index (χ1) is 7.61. The second-order valence-electron chi connectivity index (χ2n) is 3.13. The summed E-state index contributed by atoms with van der Waals surface area (Å²) in [4.78, 5) is 1.07.